The standard InChI is InChI=1S/C20H20ClNO4S/c1-11-4-6-14(8-12(11)2)27(24,25)18-16-10-20(3,22-19(18)23)26-17-7-5-13(21)9-15(16)17/h4-9,16,18H,10H2,1-3H3,(H,22,23)/t16-,18+,20+/m1/s1. The Balaban J connectivity index is 1.87. The Kier molecular flexibility index (Phi) is 4.05. The zero-order valence-electron chi connectivity index (χ0n) is 15.2. The molecule has 0 aromatic heterocycles. The summed E-state index contributed by atoms with van der Waals surface area (Å²) < 4.78 is 32.8. The lowest BCUT2D eigenvalue weighted by Gasteiger charge is -2.46. The monoisotopic (exact) mass is 405 g/mol. The lowest BCUT2D eigenvalue weighted by atomic mass is 9.81. The fourth-order valence-corrected chi connectivity index (χ4v) is 6.06. The van der Waals surface area contributed by atoms with Crippen LogP contribution in [-0.2, 0) is 14.6 Å². The molecule has 2 aliphatic heterocycles. The van der Waals surface area contributed by atoms with Gasteiger partial charge in [-0.3, -0.25) is 4.79 Å². The number of carbonyl (C=O) groups is 1. The summed E-state index contributed by atoms with van der Waals surface area (Å²) in [7, 11) is -3.89. The second kappa shape index (κ2) is 5.97. The zero-order chi connectivity index (χ0) is 19.6. The Morgan fingerprint density at radius 1 is 1.15 bits per heavy atom. The third kappa shape index (κ3) is 2.91. The number of hydrogen-bond acceptors (Lipinski definition) is 4. The first-order chi connectivity index (χ1) is 12.6. The van der Waals surface area contributed by atoms with Crippen molar-refractivity contribution in [3.63, 3.8) is 0 Å². The van der Waals surface area contributed by atoms with Crippen LogP contribution in [0.3, 0.4) is 0 Å². The van der Waals surface area contributed by atoms with Gasteiger partial charge in [0.15, 0.2) is 20.8 Å². The van der Waals surface area contributed by atoms with Crippen molar-refractivity contribution in [3.05, 3.63) is 58.1 Å². The van der Waals surface area contributed by atoms with E-state index in [4.69, 9.17) is 16.3 Å². The molecule has 0 spiro atoms. The highest BCUT2D eigenvalue weighted by molar-refractivity contribution is 7.92. The van der Waals surface area contributed by atoms with Gasteiger partial charge in [-0.2, -0.15) is 0 Å². The molecule has 0 saturated carbocycles. The highest BCUT2D eigenvalue weighted by Crippen LogP contribution is 2.47. The summed E-state index contributed by atoms with van der Waals surface area (Å²) in [6.45, 7) is 5.53. The number of hydrogen-bond donors (Lipinski definition) is 1. The van der Waals surface area contributed by atoms with Crippen LogP contribution in [0.15, 0.2) is 41.3 Å². The summed E-state index contributed by atoms with van der Waals surface area (Å²) in [5, 5.41) is 2.01. The van der Waals surface area contributed by atoms with Gasteiger partial charge in [-0.25, -0.2) is 8.42 Å². The molecule has 1 amide bonds. The lowest BCUT2D eigenvalue weighted by Crippen LogP contribution is -2.63. The summed E-state index contributed by atoms with van der Waals surface area (Å²) in [6, 6.07) is 10.1. The van der Waals surface area contributed by atoms with Crippen molar-refractivity contribution in [2.75, 3.05) is 0 Å². The highest BCUT2D eigenvalue weighted by Gasteiger charge is 2.54. The van der Waals surface area contributed by atoms with E-state index in [2.05, 4.69) is 5.32 Å². The van der Waals surface area contributed by atoms with E-state index in [1.807, 2.05) is 13.8 Å². The number of sulfone groups is 1. The SMILES string of the molecule is Cc1ccc(S(=O)(=O)[C@@H]2C(=O)N[C@]3(C)C[C@@H]2c2cc(Cl)ccc2O3)cc1C. The van der Waals surface area contributed by atoms with Crippen molar-refractivity contribution in [2.45, 2.75) is 49.0 Å². The number of piperidine rings is 1. The molecule has 2 aromatic rings. The Hall–Kier alpha value is -2.05. The molecule has 142 valence electrons. The highest BCUT2D eigenvalue weighted by atomic mass is 35.5. The van der Waals surface area contributed by atoms with Crippen molar-refractivity contribution >= 4 is 27.3 Å². The van der Waals surface area contributed by atoms with Crippen molar-refractivity contribution in [1.82, 2.24) is 5.32 Å². The molecule has 5 nitrogen and oxygen atoms in total. The van der Waals surface area contributed by atoms with Gasteiger partial charge in [0.2, 0.25) is 5.91 Å². The molecule has 1 saturated heterocycles. The number of halogens is 1. The van der Waals surface area contributed by atoms with Gasteiger partial charge in [-0.15, -0.1) is 0 Å². The molecule has 2 aliphatic rings. The van der Waals surface area contributed by atoms with Crippen LogP contribution >= 0.6 is 11.6 Å². The minimum absolute atomic E-state index is 0.157. The molecule has 27 heavy (non-hydrogen) atoms. The Labute approximate surface area is 163 Å². The average molecular weight is 406 g/mol. The largest absolute Gasteiger partial charge is 0.468 e. The first-order valence-corrected chi connectivity index (χ1v) is 10.6. The quantitative estimate of drug-likeness (QED) is 0.829. The van der Waals surface area contributed by atoms with Crippen LogP contribution in [0.5, 0.6) is 5.75 Å². The fraction of sp³-hybridized carbons (Fsp3) is 0.350. The molecule has 3 atom stereocenters. The summed E-state index contributed by atoms with van der Waals surface area (Å²) in [6.07, 6.45) is 0.362. The molecular formula is C20H20ClNO4S. The second-order valence-electron chi connectivity index (χ2n) is 7.53. The van der Waals surface area contributed by atoms with Crippen molar-refractivity contribution in [1.29, 1.82) is 0 Å². The van der Waals surface area contributed by atoms with Gasteiger partial charge in [-0.1, -0.05) is 17.7 Å². The predicted octanol–water partition coefficient (Wildman–Crippen LogP) is 3.51. The van der Waals surface area contributed by atoms with Crippen molar-refractivity contribution in [2.24, 2.45) is 0 Å². The van der Waals surface area contributed by atoms with Crippen LogP contribution in [0.25, 0.3) is 0 Å². The topological polar surface area (TPSA) is 72.5 Å². The van der Waals surface area contributed by atoms with Crippen molar-refractivity contribution < 1.29 is 17.9 Å². The number of carbonyl (C=O) groups excluding carboxylic acids is 1. The van der Waals surface area contributed by atoms with Gasteiger partial charge in [0.25, 0.3) is 0 Å². The van der Waals surface area contributed by atoms with E-state index in [0.717, 1.165) is 11.1 Å². The molecule has 4 rings (SSSR count). The normalized spacial score (nSPS) is 26.7. The van der Waals surface area contributed by atoms with Gasteiger partial charge in [0, 0.05) is 22.9 Å². The van der Waals surface area contributed by atoms with E-state index < -0.39 is 32.6 Å². The van der Waals surface area contributed by atoms with Gasteiger partial charge in [0.05, 0.1) is 4.90 Å². The smallest absolute Gasteiger partial charge is 0.242 e. The molecule has 1 N–H and O–H groups in total. The third-order valence-corrected chi connectivity index (χ3v) is 7.83. The van der Waals surface area contributed by atoms with Crippen LogP contribution in [0.4, 0.5) is 0 Å². The van der Waals surface area contributed by atoms with Crippen LogP contribution in [0.2, 0.25) is 5.02 Å². The predicted molar refractivity (Wildman–Crippen MR) is 103 cm³/mol. The Morgan fingerprint density at radius 3 is 2.59 bits per heavy atom. The molecule has 2 bridgehead atoms. The van der Waals surface area contributed by atoms with E-state index in [0.29, 0.717) is 22.8 Å². The van der Waals surface area contributed by atoms with E-state index in [1.165, 1.54) is 0 Å². The molecule has 0 aliphatic carbocycles. The summed E-state index contributed by atoms with van der Waals surface area (Å²) in [4.78, 5) is 13.0. The first-order valence-electron chi connectivity index (χ1n) is 8.72. The molecule has 7 heteroatoms. The van der Waals surface area contributed by atoms with E-state index >= 15 is 0 Å². The van der Waals surface area contributed by atoms with E-state index in [1.54, 1.807) is 43.3 Å². The Bertz CT molecular complexity index is 1070. The van der Waals surface area contributed by atoms with Gasteiger partial charge in [0.1, 0.15) is 5.75 Å². The maximum atomic E-state index is 13.4. The number of aryl methyl sites for hydroxylation is 2. The Morgan fingerprint density at radius 2 is 1.89 bits per heavy atom. The first kappa shape index (κ1) is 18.3. The van der Waals surface area contributed by atoms with Crippen LogP contribution < -0.4 is 10.1 Å². The van der Waals surface area contributed by atoms with E-state index in [9.17, 15) is 13.2 Å². The lowest BCUT2D eigenvalue weighted by molar-refractivity contribution is -0.132. The molecule has 0 unspecified atom stereocenters. The number of amides is 1. The van der Waals surface area contributed by atoms with Crippen LogP contribution in [0.1, 0.15) is 36.0 Å². The van der Waals surface area contributed by atoms with Gasteiger partial charge < -0.3 is 10.1 Å². The number of fused-ring (bicyclic) bond motifs is 4. The van der Waals surface area contributed by atoms with Crippen LogP contribution in [0, 0.1) is 13.8 Å². The maximum absolute atomic E-state index is 13.4. The number of nitrogens with one attached hydrogen (secondary N) is 1. The molecular weight excluding hydrogens is 386 g/mol. The molecule has 2 heterocycles. The minimum Gasteiger partial charge on any atom is -0.468 e. The van der Waals surface area contributed by atoms with Gasteiger partial charge >= 0.3 is 0 Å². The fourth-order valence-electron chi connectivity index (χ4n) is 3.97. The van der Waals surface area contributed by atoms with E-state index in [-0.39, 0.29) is 4.90 Å². The minimum atomic E-state index is -3.89. The summed E-state index contributed by atoms with van der Waals surface area (Å²) in [5.41, 5.74) is 1.59. The molecule has 1 fully saturated rings. The second-order valence-corrected chi connectivity index (χ2v) is 10.0. The molecule has 2 aromatic carbocycles. The number of rotatable bonds is 2. The summed E-state index contributed by atoms with van der Waals surface area (Å²) in [5.74, 6) is -0.520. The maximum Gasteiger partial charge on any atom is 0.242 e. The third-order valence-electron chi connectivity index (χ3n) is 5.47. The van der Waals surface area contributed by atoms with Crippen LogP contribution in [-0.4, -0.2) is 25.3 Å². The number of ether oxygens (including phenoxy) is 1. The zero-order valence-corrected chi connectivity index (χ0v) is 16.8. The number of benzene rings is 2. The van der Waals surface area contributed by atoms with Gasteiger partial charge in [-0.05, 0) is 62.2 Å². The molecule has 0 radical (unpaired) electrons. The van der Waals surface area contributed by atoms with Crippen molar-refractivity contribution in [3.8, 4) is 5.75 Å². The summed E-state index contributed by atoms with van der Waals surface area (Å²) >= 11 is 6.14. The average Bonchev–Trinajstić information content (AvgIpc) is 2.57.